The first-order chi connectivity index (χ1) is 62.6. The number of pyridine rings is 5. The topological polar surface area (TPSA) is 212 Å². The number of ether oxygens (including phenoxy) is 5. The van der Waals surface area contributed by atoms with Crippen LogP contribution in [0.25, 0.3) is 0 Å². The first kappa shape index (κ1) is 99.9. The summed E-state index contributed by atoms with van der Waals surface area (Å²) in [6.45, 7) is 34.2. The lowest BCUT2D eigenvalue weighted by molar-refractivity contribution is 0.0576. The number of likely N-dealkylation sites (tertiary alicyclic amines) is 5. The van der Waals surface area contributed by atoms with Crippen molar-refractivity contribution in [3.05, 3.63) is 291 Å². The zero-order valence-corrected chi connectivity index (χ0v) is 81.9. The summed E-state index contributed by atoms with van der Waals surface area (Å²) in [6, 6.07) is 55.7. The van der Waals surface area contributed by atoms with Gasteiger partial charge in [-0.3, -0.25) is 24.0 Å². The van der Waals surface area contributed by atoms with E-state index in [1.165, 1.54) is 25.7 Å². The Labute approximate surface area is 802 Å². The average Bonchev–Trinajstić information content (AvgIpc) is 1.60. The minimum atomic E-state index is -0.00628. The van der Waals surface area contributed by atoms with Crippen molar-refractivity contribution in [3.63, 3.8) is 0 Å². The van der Waals surface area contributed by atoms with E-state index < -0.39 is 0 Å². The molecule has 5 aliphatic heterocycles. The van der Waals surface area contributed by atoms with Crippen molar-refractivity contribution in [2.24, 2.45) is 34.0 Å². The van der Waals surface area contributed by atoms with Crippen molar-refractivity contribution < 1.29 is 47.7 Å². The monoisotopic (exact) mass is 1890 g/mol. The number of nitrogens with zero attached hydrogens (tertiary/aromatic N) is 10. The van der Waals surface area contributed by atoms with Crippen LogP contribution in [-0.2, 0) is 33.0 Å². The van der Waals surface area contributed by atoms with Gasteiger partial charge >= 0.3 is 0 Å². The standard InChI is InChI=1S/C23H26Cl2N2O2.2C21H25ClN2O2.2C20H23ClN2O2/c1-22(2)10-16-11-23(3,13-22)14-27(16)21(28)18-8-4-6-15(26-18)12-29-19-9-5-7-17(24)20(19)25;1-15-7-4-10-18(19(15)22)26-13-16-8-5-9-17(23-16)20(25)24-12-6-11-21(2,3)14-24;1-14-10-15(2)12-24(11-14)21(25)18-8-5-7-17(23-18)13-26-19-9-4-6-16(3)20(19)22;1-14-6-5-11-23(12-14)20(24)17-9-4-8-16(22-17)13-25-18-10-3-7-15(2)19(18)21;1-15-8-6-11-18(19(15)21)25-14-16-9-7-10-17(22-16)20(24)23-12-4-2-3-5-13-23/h4-9,16H,10-14H2,1-3H3;4-5,7-10H,6,11-14H2,1-3H3;4-9,14-15H,10-13H2,1-3H3;3-4,7-10,14H,5-6,11-13H2,1-2H3;6-11H,2-5,12-14H2,1H3/t16-,23-;;;;/m1..../s1. The van der Waals surface area contributed by atoms with Gasteiger partial charge in [-0.15, -0.1) is 0 Å². The predicted molar refractivity (Wildman–Crippen MR) is 521 cm³/mol. The van der Waals surface area contributed by atoms with Crippen LogP contribution in [-0.4, -0.2) is 144 Å². The highest BCUT2D eigenvalue weighted by atomic mass is 35.5. The largest absolute Gasteiger partial charge is 0.486 e. The first-order valence-electron chi connectivity index (χ1n) is 45.5. The highest BCUT2D eigenvalue weighted by Crippen LogP contribution is 2.53. The van der Waals surface area contributed by atoms with E-state index in [0.29, 0.717) is 134 Å². The van der Waals surface area contributed by atoms with Gasteiger partial charge in [-0.2, -0.15) is 0 Å². The van der Waals surface area contributed by atoms with Crippen molar-refractivity contribution in [1.82, 2.24) is 49.4 Å². The molecule has 0 spiro atoms. The smallest absolute Gasteiger partial charge is 0.272 e. The Morgan fingerprint density at radius 3 is 1.06 bits per heavy atom. The maximum Gasteiger partial charge on any atom is 0.272 e. The number of aromatic nitrogens is 5. The third-order valence-electron chi connectivity index (χ3n) is 24.4. The van der Waals surface area contributed by atoms with E-state index in [9.17, 15) is 24.0 Å². The molecule has 16 rings (SSSR count). The van der Waals surface area contributed by atoms with Gasteiger partial charge < -0.3 is 48.2 Å². The summed E-state index contributed by atoms with van der Waals surface area (Å²) in [5, 5.41) is 3.25. The molecule has 1 aliphatic carbocycles. The third kappa shape index (κ3) is 28.3. The zero-order valence-electron chi connectivity index (χ0n) is 77.3. The fourth-order valence-corrected chi connectivity index (χ4v) is 19.3. The van der Waals surface area contributed by atoms with Gasteiger partial charge in [0.25, 0.3) is 29.5 Å². The summed E-state index contributed by atoms with van der Waals surface area (Å²) in [7, 11) is 0. The van der Waals surface area contributed by atoms with Gasteiger partial charge in [0, 0.05) is 64.9 Å². The molecule has 0 radical (unpaired) electrons. The van der Waals surface area contributed by atoms with Crippen LogP contribution in [0.4, 0.5) is 0 Å². The summed E-state index contributed by atoms with van der Waals surface area (Å²) in [5.74, 6) is 4.64. The molecule has 5 saturated heterocycles. The molecule has 0 N–H and O–H groups in total. The van der Waals surface area contributed by atoms with Crippen molar-refractivity contribution in [1.29, 1.82) is 0 Å². The lowest BCUT2D eigenvalue weighted by Crippen LogP contribution is -2.43. The van der Waals surface area contributed by atoms with Crippen molar-refractivity contribution in [2.75, 3.05) is 58.9 Å². The van der Waals surface area contributed by atoms with Gasteiger partial charge in [0.15, 0.2) is 0 Å². The summed E-state index contributed by atoms with van der Waals surface area (Å²) in [5.41, 5.74) is 10.4. The molecule has 5 atom stereocenters. The van der Waals surface area contributed by atoms with E-state index in [1.807, 2.05) is 186 Å². The third-order valence-corrected chi connectivity index (χ3v) is 27.1. The Hall–Kier alpha value is -10.1. The fourth-order valence-electron chi connectivity index (χ4n) is 18.2. The lowest BCUT2D eigenvalue weighted by atomic mass is 9.65. The van der Waals surface area contributed by atoms with Crippen LogP contribution in [0, 0.1) is 61.7 Å². The molecular weight excluding hydrogens is 1770 g/mol. The van der Waals surface area contributed by atoms with E-state index in [0.717, 1.165) is 138 Å². The van der Waals surface area contributed by atoms with E-state index in [2.05, 4.69) is 80.3 Å². The molecule has 26 heteroatoms. The van der Waals surface area contributed by atoms with Crippen LogP contribution < -0.4 is 23.7 Å². The van der Waals surface area contributed by atoms with Crippen molar-refractivity contribution in [2.45, 2.75) is 199 Å². The number of piperidine rings is 3. The predicted octanol–water partition coefficient (Wildman–Crippen LogP) is 24.8. The fraction of sp³-hybridized carbons (Fsp3) is 0.429. The second-order valence-electron chi connectivity index (χ2n) is 37.6. The van der Waals surface area contributed by atoms with Crippen LogP contribution in [0.15, 0.2) is 182 Å². The Morgan fingerprint density at radius 2 is 0.672 bits per heavy atom. The van der Waals surface area contributed by atoms with Crippen LogP contribution in [0.5, 0.6) is 28.7 Å². The summed E-state index contributed by atoms with van der Waals surface area (Å²) in [6.07, 6.45) is 13.4. The Bertz CT molecular complexity index is 5390. The van der Waals surface area contributed by atoms with E-state index in [1.54, 1.807) is 48.5 Å². The number of aryl methyl sites for hydroxylation is 4. The lowest BCUT2D eigenvalue weighted by Gasteiger charge is -2.39. The molecule has 5 aromatic heterocycles. The molecule has 6 fully saturated rings. The van der Waals surface area contributed by atoms with E-state index >= 15 is 0 Å². The maximum atomic E-state index is 13.3. The number of hydrogen-bond acceptors (Lipinski definition) is 15. The summed E-state index contributed by atoms with van der Waals surface area (Å²) >= 11 is 37.2. The number of carbonyl (C=O) groups excluding carboxylic acids is 5. The van der Waals surface area contributed by atoms with Gasteiger partial charge in [0.1, 0.15) is 95.3 Å². The zero-order chi connectivity index (χ0) is 93.7. The molecule has 5 aromatic carbocycles. The molecule has 1 saturated carbocycles. The number of benzene rings is 5. The Morgan fingerprint density at radius 1 is 0.344 bits per heavy atom. The Balaban J connectivity index is 0.000000148. The molecule has 131 heavy (non-hydrogen) atoms. The number of carbonyl (C=O) groups is 5. The number of amides is 5. The normalized spacial score (nSPS) is 19.0. The second-order valence-corrected chi connectivity index (χ2v) is 39.9. The quantitative estimate of drug-likeness (QED) is 0.0694. The van der Waals surface area contributed by atoms with Crippen molar-refractivity contribution >= 4 is 99.1 Å². The molecule has 10 heterocycles. The van der Waals surface area contributed by atoms with Gasteiger partial charge in [0.05, 0.1) is 53.6 Å². The maximum absolute atomic E-state index is 13.3. The minimum absolute atomic E-state index is 0.00108. The molecule has 2 bridgehead atoms. The molecule has 5 amide bonds. The van der Waals surface area contributed by atoms with Crippen LogP contribution >= 0.6 is 69.6 Å². The van der Waals surface area contributed by atoms with Crippen LogP contribution in [0.1, 0.15) is 236 Å². The summed E-state index contributed by atoms with van der Waals surface area (Å²) in [4.78, 5) is 96.5. The molecule has 20 nitrogen and oxygen atoms in total. The SMILES string of the molecule is CC1(C)C[C@@H]2C[C@@](C)(CN2C(=O)c2cccc(COc3cccc(Cl)c3Cl)n2)C1.Cc1cccc(OCc2cccc(C(=O)N3CC(C)CC(C)C3)n2)c1Cl.Cc1cccc(OCc2cccc(C(=O)N3CCCC(C)(C)C3)n2)c1Cl.Cc1cccc(OCc2cccc(C(=O)N3CCCC(C)C3)n2)c1Cl.Cc1cccc(OCc2cccc(C(=O)N3CCCCCC3)n2)c1Cl. The molecule has 694 valence electrons. The average molecular weight is 1900 g/mol. The minimum Gasteiger partial charge on any atom is -0.486 e. The van der Waals surface area contributed by atoms with Gasteiger partial charge in [-0.05, 0) is 245 Å². The first-order valence-corrected chi connectivity index (χ1v) is 47.8. The highest BCUT2D eigenvalue weighted by Gasteiger charge is 2.51. The highest BCUT2D eigenvalue weighted by molar-refractivity contribution is 6.43. The number of fused-ring (bicyclic) bond motifs is 2. The van der Waals surface area contributed by atoms with Gasteiger partial charge in [-0.25, -0.2) is 24.9 Å². The Kier molecular flexibility index (Phi) is 35.5. The van der Waals surface area contributed by atoms with Crippen LogP contribution in [0.2, 0.25) is 30.1 Å². The van der Waals surface area contributed by atoms with Crippen LogP contribution in [0.3, 0.4) is 0 Å². The van der Waals surface area contributed by atoms with E-state index in [-0.39, 0.29) is 78.8 Å². The summed E-state index contributed by atoms with van der Waals surface area (Å²) < 4.78 is 28.9. The number of halogens is 6. The van der Waals surface area contributed by atoms with E-state index in [4.69, 9.17) is 93.3 Å². The number of hydrogen-bond donors (Lipinski definition) is 0. The second kappa shape index (κ2) is 46.5. The molecule has 6 aliphatic rings. The molecule has 3 unspecified atom stereocenters. The number of rotatable bonds is 20. The van der Waals surface area contributed by atoms with Gasteiger partial charge in [0.2, 0.25) is 0 Å². The molecular formula is C105H122Cl6N10O10. The van der Waals surface area contributed by atoms with Gasteiger partial charge in [-0.1, -0.05) is 223 Å². The molecule has 10 aromatic rings. The van der Waals surface area contributed by atoms with Crippen molar-refractivity contribution in [3.8, 4) is 28.7 Å².